The van der Waals surface area contributed by atoms with Gasteiger partial charge in [0.2, 0.25) is 11.7 Å². The third kappa shape index (κ3) is 4.61. The van der Waals surface area contributed by atoms with E-state index in [1.54, 1.807) is 6.07 Å². The van der Waals surface area contributed by atoms with Gasteiger partial charge in [0.05, 0.1) is 23.6 Å². The highest BCUT2D eigenvalue weighted by molar-refractivity contribution is 6.37. The van der Waals surface area contributed by atoms with E-state index in [4.69, 9.17) is 16.7 Å². The number of rotatable bonds is 7. The maximum absolute atomic E-state index is 12.7. The van der Waals surface area contributed by atoms with Gasteiger partial charge in [-0.2, -0.15) is 0 Å². The molecule has 0 unspecified atom stereocenters. The number of nitro groups is 1. The van der Waals surface area contributed by atoms with Crippen LogP contribution in [-0.2, 0) is 20.9 Å². The highest BCUT2D eigenvalue weighted by Crippen LogP contribution is 2.31. The van der Waals surface area contributed by atoms with Crippen LogP contribution in [0.3, 0.4) is 0 Å². The number of halogens is 1. The summed E-state index contributed by atoms with van der Waals surface area (Å²) in [7, 11) is 0. The average Bonchev–Trinajstić information content (AvgIpc) is 2.72. The molecule has 0 bridgehead atoms. The van der Waals surface area contributed by atoms with Crippen LogP contribution in [0, 0.1) is 10.1 Å². The lowest BCUT2D eigenvalue weighted by molar-refractivity contribution is -0.384. The summed E-state index contributed by atoms with van der Waals surface area (Å²) in [4.78, 5) is 46.8. The Bertz CT molecular complexity index is 1180. The summed E-state index contributed by atoms with van der Waals surface area (Å²) < 4.78 is 0. The molecule has 1 amide bonds. The standard InChI is InChI=1S/C21H15ClN2O6/c22-17-8-7-16(10-18(17)24(29)30)23(20(26)11-19(25)21(27)28)12-13-5-6-14-3-1-2-4-15(14)9-13/h1-10H,11-12H2,(H,27,28). The Balaban J connectivity index is 2.01. The Morgan fingerprint density at radius 3 is 2.37 bits per heavy atom. The van der Waals surface area contributed by atoms with E-state index in [0.717, 1.165) is 21.7 Å². The minimum atomic E-state index is -1.73. The molecule has 0 saturated carbocycles. The summed E-state index contributed by atoms with van der Waals surface area (Å²) in [6.45, 7) is -0.0185. The molecule has 0 radical (unpaired) electrons. The molecule has 152 valence electrons. The Kier molecular flexibility index (Phi) is 6.08. The number of fused-ring (bicyclic) bond motifs is 1. The summed E-state index contributed by atoms with van der Waals surface area (Å²) in [6.07, 6.45) is -0.876. The van der Waals surface area contributed by atoms with Gasteiger partial charge in [-0.1, -0.05) is 48.0 Å². The Morgan fingerprint density at radius 1 is 1.00 bits per heavy atom. The third-order valence-electron chi connectivity index (χ3n) is 4.44. The molecule has 0 fully saturated rings. The van der Waals surface area contributed by atoms with Gasteiger partial charge in [0.15, 0.2) is 0 Å². The van der Waals surface area contributed by atoms with Crippen molar-refractivity contribution < 1.29 is 24.4 Å². The quantitative estimate of drug-likeness (QED) is 0.264. The average molecular weight is 427 g/mol. The first-order valence-electron chi connectivity index (χ1n) is 8.74. The molecule has 1 N–H and O–H groups in total. The molecule has 0 aliphatic rings. The van der Waals surface area contributed by atoms with E-state index in [9.17, 15) is 24.5 Å². The van der Waals surface area contributed by atoms with Crippen molar-refractivity contribution in [2.45, 2.75) is 13.0 Å². The van der Waals surface area contributed by atoms with Crippen LogP contribution in [0.1, 0.15) is 12.0 Å². The molecule has 0 heterocycles. The lowest BCUT2D eigenvalue weighted by Crippen LogP contribution is -2.33. The number of nitrogens with zero attached hydrogens (tertiary/aromatic N) is 2. The van der Waals surface area contributed by atoms with Gasteiger partial charge in [-0.3, -0.25) is 19.7 Å². The second kappa shape index (κ2) is 8.71. The maximum atomic E-state index is 12.7. The molecule has 3 aromatic carbocycles. The predicted molar refractivity (Wildman–Crippen MR) is 111 cm³/mol. The van der Waals surface area contributed by atoms with E-state index >= 15 is 0 Å². The van der Waals surface area contributed by atoms with Crippen LogP contribution >= 0.6 is 11.6 Å². The summed E-state index contributed by atoms with van der Waals surface area (Å²) in [6, 6.07) is 16.9. The fraction of sp³-hybridized carbons (Fsp3) is 0.0952. The molecule has 0 aromatic heterocycles. The van der Waals surface area contributed by atoms with Crippen LogP contribution in [-0.4, -0.2) is 27.7 Å². The largest absolute Gasteiger partial charge is 0.475 e. The van der Waals surface area contributed by atoms with Gasteiger partial charge in [-0.15, -0.1) is 0 Å². The number of nitro benzene ring substituents is 1. The number of carbonyl (C=O) groups excluding carboxylic acids is 2. The van der Waals surface area contributed by atoms with Crippen LogP contribution in [0.15, 0.2) is 60.7 Å². The first-order chi connectivity index (χ1) is 14.3. The van der Waals surface area contributed by atoms with Crippen molar-refractivity contribution in [1.82, 2.24) is 0 Å². The van der Waals surface area contributed by atoms with Gasteiger partial charge in [-0.25, -0.2) is 4.79 Å². The zero-order chi connectivity index (χ0) is 21.8. The molecule has 0 aliphatic carbocycles. The van der Waals surface area contributed by atoms with Crippen LogP contribution in [0.2, 0.25) is 5.02 Å². The number of aliphatic carboxylic acids is 1. The number of carboxylic acid groups (broad SMARTS) is 1. The van der Waals surface area contributed by atoms with Crippen molar-refractivity contribution in [1.29, 1.82) is 0 Å². The van der Waals surface area contributed by atoms with Gasteiger partial charge < -0.3 is 10.0 Å². The van der Waals surface area contributed by atoms with Gasteiger partial charge in [-0.05, 0) is 34.5 Å². The van der Waals surface area contributed by atoms with Crippen molar-refractivity contribution in [3.8, 4) is 0 Å². The zero-order valence-corrected chi connectivity index (χ0v) is 16.2. The molecule has 0 spiro atoms. The first kappa shape index (κ1) is 20.9. The van der Waals surface area contributed by atoms with Gasteiger partial charge in [0.1, 0.15) is 5.02 Å². The predicted octanol–water partition coefficient (Wildman–Crippen LogP) is 3.98. The molecular formula is C21H15ClN2O6. The number of ketones is 1. The minimum Gasteiger partial charge on any atom is -0.475 e. The number of benzene rings is 3. The number of carbonyl (C=O) groups is 3. The smallest absolute Gasteiger partial charge is 0.372 e. The molecule has 0 aliphatic heterocycles. The number of Topliss-reactive ketones (excluding diaryl/α,β-unsaturated/α-hetero) is 1. The molecule has 8 nitrogen and oxygen atoms in total. The number of hydrogen-bond acceptors (Lipinski definition) is 5. The summed E-state index contributed by atoms with van der Waals surface area (Å²) in [5, 5.41) is 21.8. The molecule has 9 heteroatoms. The summed E-state index contributed by atoms with van der Waals surface area (Å²) >= 11 is 5.85. The highest BCUT2D eigenvalue weighted by atomic mass is 35.5. The van der Waals surface area contributed by atoms with Crippen molar-refractivity contribution in [2.24, 2.45) is 0 Å². The number of anilines is 1. The lowest BCUT2D eigenvalue weighted by Gasteiger charge is -2.23. The second-order valence-corrected chi connectivity index (χ2v) is 6.87. The fourth-order valence-electron chi connectivity index (χ4n) is 2.96. The lowest BCUT2D eigenvalue weighted by atomic mass is 10.1. The number of carboxylic acids is 1. The van der Waals surface area contributed by atoms with Crippen molar-refractivity contribution in [2.75, 3.05) is 4.90 Å². The first-order valence-corrected chi connectivity index (χ1v) is 9.12. The Morgan fingerprint density at radius 2 is 1.70 bits per heavy atom. The monoisotopic (exact) mass is 426 g/mol. The zero-order valence-electron chi connectivity index (χ0n) is 15.4. The topological polar surface area (TPSA) is 118 Å². The minimum absolute atomic E-state index is 0.0185. The molecular weight excluding hydrogens is 412 g/mol. The Labute approximate surface area is 175 Å². The molecule has 0 atom stereocenters. The van der Waals surface area contributed by atoms with Gasteiger partial charge in [0.25, 0.3) is 5.69 Å². The fourth-order valence-corrected chi connectivity index (χ4v) is 3.15. The van der Waals surface area contributed by atoms with Crippen molar-refractivity contribution >= 4 is 51.4 Å². The number of hydrogen-bond donors (Lipinski definition) is 1. The van der Waals surface area contributed by atoms with Gasteiger partial charge >= 0.3 is 5.97 Å². The molecule has 0 saturated heterocycles. The van der Waals surface area contributed by atoms with E-state index in [0.29, 0.717) is 5.56 Å². The van der Waals surface area contributed by atoms with Crippen LogP contribution in [0.5, 0.6) is 0 Å². The van der Waals surface area contributed by atoms with Crippen LogP contribution < -0.4 is 4.90 Å². The van der Waals surface area contributed by atoms with E-state index in [1.165, 1.54) is 12.1 Å². The Hall–Kier alpha value is -3.78. The molecule has 30 heavy (non-hydrogen) atoms. The van der Waals surface area contributed by atoms with Crippen LogP contribution in [0.4, 0.5) is 11.4 Å². The molecule has 3 aromatic rings. The van der Waals surface area contributed by atoms with Crippen LogP contribution in [0.25, 0.3) is 10.8 Å². The van der Waals surface area contributed by atoms with E-state index in [2.05, 4.69) is 0 Å². The maximum Gasteiger partial charge on any atom is 0.372 e. The normalized spacial score (nSPS) is 10.6. The third-order valence-corrected chi connectivity index (χ3v) is 4.76. The van der Waals surface area contributed by atoms with E-state index in [1.807, 2.05) is 36.4 Å². The molecule has 3 rings (SSSR count). The second-order valence-electron chi connectivity index (χ2n) is 6.46. The van der Waals surface area contributed by atoms with Crippen molar-refractivity contribution in [3.05, 3.63) is 81.4 Å². The summed E-state index contributed by atoms with van der Waals surface area (Å²) in [5.74, 6) is -3.80. The SMILES string of the molecule is O=C(O)C(=O)CC(=O)N(Cc1ccc2ccccc2c1)c1ccc(Cl)c([N+](=O)[O-])c1. The number of amides is 1. The highest BCUT2D eigenvalue weighted by Gasteiger charge is 2.25. The van der Waals surface area contributed by atoms with Gasteiger partial charge in [0, 0.05) is 6.07 Å². The van der Waals surface area contributed by atoms with E-state index < -0.39 is 34.7 Å². The summed E-state index contributed by atoms with van der Waals surface area (Å²) in [5.41, 5.74) is 0.417. The van der Waals surface area contributed by atoms with E-state index in [-0.39, 0.29) is 17.3 Å². The van der Waals surface area contributed by atoms with Crippen molar-refractivity contribution in [3.63, 3.8) is 0 Å².